The third-order valence-electron chi connectivity index (χ3n) is 6.35. The minimum atomic E-state index is -0.796. The van der Waals surface area contributed by atoms with Crippen molar-refractivity contribution in [3.63, 3.8) is 0 Å². The lowest BCUT2D eigenvalue weighted by molar-refractivity contribution is -0.0193. The van der Waals surface area contributed by atoms with E-state index < -0.39 is 6.10 Å². The second kappa shape index (κ2) is 11.9. The maximum absolute atomic E-state index is 13.8. The summed E-state index contributed by atoms with van der Waals surface area (Å²) in [6.45, 7) is 3.20. The van der Waals surface area contributed by atoms with E-state index >= 15 is 0 Å². The van der Waals surface area contributed by atoms with Crippen LogP contribution in [0.2, 0.25) is 0 Å². The molecule has 3 aromatic rings. The highest BCUT2D eigenvalue weighted by Crippen LogP contribution is 2.22. The van der Waals surface area contributed by atoms with Crippen LogP contribution < -0.4 is 0 Å². The number of Topliss-reactive ketones (excluding diaryl/α,β-unsaturated/α-hetero) is 1. The van der Waals surface area contributed by atoms with E-state index in [-0.39, 0.29) is 49.5 Å². The fourth-order valence-corrected chi connectivity index (χ4v) is 4.49. The molecular weight excluding hydrogens is 470 g/mol. The zero-order valence-corrected chi connectivity index (χ0v) is 21.0. The molecule has 0 aromatic heterocycles. The van der Waals surface area contributed by atoms with Gasteiger partial charge in [-0.1, -0.05) is 49.4 Å². The van der Waals surface area contributed by atoms with Crippen LogP contribution in [0.15, 0.2) is 72.8 Å². The molecule has 4 rings (SSSR count). The summed E-state index contributed by atoms with van der Waals surface area (Å²) < 4.78 is 0. The number of hydrazine groups is 1. The zero-order valence-electron chi connectivity index (χ0n) is 21.0. The molecule has 37 heavy (non-hydrogen) atoms. The monoisotopic (exact) mass is 503 g/mol. The molecule has 1 saturated heterocycles. The number of urea groups is 1. The molecule has 0 radical (unpaired) electrons. The van der Waals surface area contributed by atoms with Crippen molar-refractivity contribution < 1.29 is 24.9 Å². The summed E-state index contributed by atoms with van der Waals surface area (Å²) in [4.78, 5) is 27.9. The number of aliphatic hydroxyl groups excluding tert-OH is 1. The van der Waals surface area contributed by atoms with Gasteiger partial charge >= 0.3 is 6.03 Å². The normalized spacial score (nSPS) is 16.6. The van der Waals surface area contributed by atoms with Crippen LogP contribution in [0.25, 0.3) is 0 Å². The number of benzene rings is 3. The highest BCUT2D eigenvalue weighted by Gasteiger charge is 2.33. The van der Waals surface area contributed by atoms with E-state index in [9.17, 15) is 24.9 Å². The van der Waals surface area contributed by atoms with Gasteiger partial charge in [0, 0.05) is 31.6 Å². The highest BCUT2D eigenvalue weighted by atomic mass is 16.3. The molecule has 2 amide bonds. The van der Waals surface area contributed by atoms with Crippen LogP contribution >= 0.6 is 0 Å². The highest BCUT2D eigenvalue weighted by molar-refractivity contribution is 5.96. The Balaban J connectivity index is 1.62. The van der Waals surface area contributed by atoms with Crippen LogP contribution in [0.1, 0.15) is 46.8 Å². The summed E-state index contributed by atoms with van der Waals surface area (Å²) in [7, 11) is 0. The first-order chi connectivity index (χ1) is 17.8. The first-order valence-electron chi connectivity index (χ1n) is 12.5. The Morgan fingerprint density at radius 2 is 1.46 bits per heavy atom. The number of aliphatic hydroxyl groups is 1. The molecular formula is C29H33N3O5. The zero-order chi connectivity index (χ0) is 26.4. The van der Waals surface area contributed by atoms with Crippen LogP contribution in [-0.4, -0.2) is 61.2 Å². The summed E-state index contributed by atoms with van der Waals surface area (Å²) >= 11 is 0. The molecule has 1 fully saturated rings. The van der Waals surface area contributed by atoms with Gasteiger partial charge in [0.15, 0.2) is 5.78 Å². The van der Waals surface area contributed by atoms with Gasteiger partial charge in [-0.3, -0.25) is 9.80 Å². The molecule has 1 heterocycles. The van der Waals surface area contributed by atoms with E-state index in [1.54, 1.807) is 64.5 Å². The summed E-state index contributed by atoms with van der Waals surface area (Å²) in [6.07, 6.45) is 0.451. The minimum absolute atomic E-state index is 0.0809. The fraction of sp³-hybridized carbons (Fsp3) is 0.310. The number of aromatic hydroxyl groups is 2. The van der Waals surface area contributed by atoms with Gasteiger partial charge < -0.3 is 20.2 Å². The van der Waals surface area contributed by atoms with Gasteiger partial charge in [0.1, 0.15) is 11.5 Å². The number of hydrogen-bond donors (Lipinski definition) is 3. The molecule has 3 N–H and O–H groups in total. The van der Waals surface area contributed by atoms with Gasteiger partial charge in [0.25, 0.3) is 0 Å². The van der Waals surface area contributed by atoms with Crippen molar-refractivity contribution in [2.45, 2.75) is 45.5 Å². The second-order valence-corrected chi connectivity index (χ2v) is 9.43. The maximum Gasteiger partial charge on any atom is 0.335 e. The smallest absolute Gasteiger partial charge is 0.335 e. The summed E-state index contributed by atoms with van der Waals surface area (Å²) in [5, 5.41) is 33.6. The van der Waals surface area contributed by atoms with Gasteiger partial charge in [-0.2, -0.15) is 0 Å². The van der Waals surface area contributed by atoms with Crippen molar-refractivity contribution in [3.8, 4) is 11.5 Å². The van der Waals surface area contributed by atoms with Crippen LogP contribution in [-0.2, 0) is 19.6 Å². The predicted molar refractivity (Wildman–Crippen MR) is 140 cm³/mol. The predicted octanol–water partition coefficient (Wildman–Crippen LogP) is 4.30. The summed E-state index contributed by atoms with van der Waals surface area (Å²) in [6, 6.07) is 20.5. The third-order valence-corrected chi connectivity index (χ3v) is 6.35. The second-order valence-electron chi connectivity index (χ2n) is 9.43. The number of phenolic OH excluding ortho intramolecular Hbond substituents is 2. The van der Waals surface area contributed by atoms with Crippen molar-refractivity contribution in [2.75, 3.05) is 13.1 Å². The molecule has 0 aliphatic carbocycles. The number of rotatable bonds is 9. The maximum atomic E-state index is 13.8. The molecule has 3 aromatic carbocycles. The standard InChI is InChI=1S/C29H33N3O5/c1-2-4-28(36)24-6-3-5-23(15-24)17-31-20-27(35)19-30(16-21-7-11-25(33)12-8-21)29(37)32(31)18-22-9-13-26(34)14-10-22/h3,5-15,27,33-35H,2,4,16-20H2,1H3/t27-/m1/s1. The summed E-state index contributed by atoms with van der Waals surface area (Å²) in [5.74, 6) is 0.365. The third kappa shape index (κ3) is 6.87. The van der Waals surface area contributed by atoms with E-state index in [4.69, 9.17) is 0 Å². The van der Waals surface area contributed by atoms with Gasteiger partial charge in [-0.25, -0.2) is 9.80 Å². The SMILES string of the molecule is CCCC(=O)c1cccc(CN2C[C@H](O)CN(Cc3ccc(O)cc3)C(=O)N2Cc2ccc(O)cc2)c1. The quantitative estimate of drug-likeness (QED) is 0.376. The topological polar surface area (TPSA) is 105 Å². The molecule has 0 bridgehead atoms. The molecule has 8 heteroatoms. The first-order valence-corrected chi connectivity index (χ1v) is 12.5. The van der Waals surface area contributed by atoms with Crippen LogP contribution in [0.5, 0.6) is 11.5 Å². The lowest BCUT2D eigenvalue weighted by atomic mass is 10.0. The van der Waals surface area contributed by atoms with Crippen molar-refractivity contribution in [2.24, 2.45) is 0 Å². The number of phenols is 2. The molecule has 1 aliphatic rings. The largest absolute Gasteiger partial charge is 0.508 e. The minimum Gasteiger partial charge on any atom is -0.508 e. The average Bonchev–Trinajstić information content (AvgIpc) is 2.98. The molecule has 0 spiro atoms. The Bertz CT molecular complexity index is 1210. The van der Waals surface area contributed by atoms with E-state index in [2.05, 4.69) is 0 Å². The van der Waals surface area contributed by atoms with Crippen LogP contribution in [0, 0.1) is 0 Å². The lowest BCUT2D eigenvalue weighted by Crippen LogP contribution is -2.48. The van der Waals surface area contributed by atoms with Gasteiger partial charge in [-0.15, -0.1) is 0 Å². The molecule has 1 atom stereocenters. The Kier molecular flexibility index (Phi) is 8.43. The molecule has 0 saturated carbocycles. The van der Waals surface area contributed by atoms with Gasteiger partial charge in [0.05, 0.1) is 19.2 Å². The van der Waals surface area contributed by atoms with Crippen LogP contribution in [0.4, 0.5) is 4.79 Å². The number of hydrogen-bond acceptors (Lipinski definition) is 6. The number of amides is 2. The lowest BCUT2D eigenvalue weighted by Gasteiger charge is -2.35. The van der Waals surface area contributed by atoms with Crippen LogP contribution in [0.3, 0.4) is 0 Å². The molecule has 8 nitrogen and oxygen atoms in total. The average molecular weight is 504 g/mol. The molecule has 1 aliphatic heterocycles. The molecule has 194 valence electrons. The Morgan fingerprint density at radius 1 is 0.838 bits per heavy atom. The Morgan fingerprint density at radius 3 is 2.08 bits per heavy atom. The van der Waals surface area contributed by atoms with E-state index in [0.29, 0.717) is 18.5 Å². The van der Waals surface area contributed by atoms with Crippen molar-refractivity contribution in [1.82, 2.24) is 14.9 Å². The Hall–Kier alpha value is -3.88. The number of nitrogens with zero attached hydrogens (tertiary/aromatic N) is 3. The van der Waals surface area contributed by atoms with Crippen molar-refractivity contribution >= 4 is 11.8 Å². The number of β-amino-alcohol motifs (C(OH)–C–C–N with tert-alkyl or cyclic N) is 1. The number of carbonyl (C=O) groups is 2. The first kappa shape index (κ1) is 26.2. The van der Waals surface area contributed by atoms with Crippen molar-refractivity contribution in [3.05, 3.63) is 95.1 Å². The molecule has 0 unspecified atom stereocenters. The Labute approximate surface area is 217 Å². The van der Waals surface area contributed by atoms with E-state index in [1.165, 1.54) is 0 Å². The van der Waals surface area contributed by atoms with Gasteiger partial charge in [0.2, 0.25) is 0 Å². The summed E-state index contributed by atoms with van der Waals surface area (Å²) in [5.41, 5.74) is 3.16. The van der Waals surface area contributed by atoms with Crippen molar-refractivity contribution in [1.29, 1.82) is 0 Å². The number of ketones is 1. The fourth-order valence-electron chi connectivity index (χ4n) is 4.49. The number of carbonyl (C=O) groups excluding carboxylic acids is 2. The van der Waals surface area contributed by atoms with E-state index in [0.717, 1.165) is 23.1 Å². The van der Waals surface area contributed by atoms with Gasteiger partial charge in [-0.05, 0) is 53.4 Å². The van der Waals surface area contributed by atoms with E-state index in [1.807, 2.05) is 30.1 Å².